The van der Waals surface area contributed by atoms with Crippen molar-refractivity contribution >= 4 is 35.6 Å². The SMILES string of the molecule is CN1CC/C(=C\C2=C(C(=O)OC(c3ccccc3)c3ccccc3)N3C(=O)C(NC(=O)OC(C)(C)C)C3SC2)C1=O. The van der Waals surface area contributed by atoms with Gasteiger partial charge in [-0.05, 0) is 50.0 Å². The van der Waals surface area contributed by atoms with Gasteiger partial charge in [0.25, 0.3) is 5.91 Å². The molecule has 0 aliphatic carbocycles. The number of hydrogen-bond acceptors (Lipinski definition) is 7. The molecule has 2 unspecified atom stereocenters. The Kier molecular flexibility index (Phi) is 7.95. The van der Waals surface area contributed by atoms with Crippen molar-refractivity contribution in [2.45, 2.75) is 50.3 Å². The second-order valence-corrected chi connectivity index (χ2v) is 12.3. The maximum atomic E-state index is 14.0. The van der Waals surface area contributed by atoms with E-state index in [1.165, 1.54) is 16.7 Å². The van der Waals surface area contributed by atoms with Crippen molar-refractivity contribution < 1.29 is 28.7 Å². The van der Waals surface area contributed by atoms with Gasteiger partial charge < -0.3 is 19.7 Å². The van der Waals surface area contributed by atoms with Crippen LogP contribution in [0.25, 0.3) is 0 Å². The molecule has 3 aliphatic heterocycles. The third-order valence-electron chi connectivity index (χ3n) is 6.98. The predicted molar refractivity (Wildman–Crippen MR) is 154 cm³/mol. The normalized spacial score (nSPS) is 21.6. The molecule has 3 amide bonds. The fraction of sp³-hybridized carbons (Fsp3) is 0.355. The van der Waals surface area contributed by atoms with Gasteiger partial charge in [0.2, 0.25) is 5.91 Å². The second-order valence-electron chi connectivity index (χ2n) is 11.2. The standard InChI is InChI=1S/C31H33N3O6S/c1-31(2,3)40-30(38)32-23-27(36)34-24(22(18-41-28(23)34)17-21-15-16-33(4)26(21)35)29(37)39-25(19-11-7-5-8-12-19)20-13-9-6-10-14-20/h5-14,17,23,25,28H,15-16,18H2,1-4H3,(H,32,38)/b21-17+. The summed E-state index contributed by atoms with van der Waals surface area (Å²) in [5.74, 6) is -0.875. The number of alkyl carbamates (subject to hydrolysis) is 1. The van der Waals surface area contributed by atoms with Gasteiger partial charge in [-0.2, -0.15) is 0 Å². The molecular weight excluding hydrogens is 542 g/mol. The van der Waals surface area contributed by atoms with Crippen LogP contribution in [-0.2, 0) is 23.9 Å². The molecule has 0 bridgehead atoms. The number of allylic oxidation sites excluding steroid dienone is 1. The van der Waals surface area contributed by atoms with Gasteiger partial charge in [-0.15, -0.1) is 11.8 Å². The highest BCUT2D eigenvalue weighted by Gasteiger charge is 2.55. The average Bonchev–Trinajstić information content (AvgIpc) is 3.26. The second kappa shape index (κ2) is 11.4. The number of rotatable bonds is 6. The highest BCUT2D eigenvalue weighted by Crippen LogP contribution is 2.42. The molecule has 3 heterocycles. The Hall–Kier alpha value is -4.05. The van der Waals surface area contributed by atoms with Crippen molar-refractivity contribution in [2.24, 2.45) is 0 Å². The lowest BCUT2D eigenvalue weighted by atomic mass is 10.00. The van der Waals surface area contributed by atoms with Crippen LogP contribution in [0.3, 0.4) is 0 Å². The molecule has 5 rings (SSSR count). The van der Waals surface area contributed by atoms with Crippen LogP contribution in [0.15, 0.2) is 83.6 Å². The highest BCUT2D eigenvalue weighted by molar-refractivity contribution is 8.00. The molecule has 3 aliphatic rings. The number of benzene rings is 2. The first-order valence-corrected chi connectivity index (χ1v) is 14.5. The van der Waals surface area contributed by atoms with E-state index in [9.17, 15) is 19.2 Å². The molecule has 10 heteroatoms. The summed E-state index contributed by atoms with van der Waals surface area (Å²) in [6, 6.07) is 17.9. The number of nitrogens with zero attached hydrogens (tertiary/aromatic N) is 2. The maximum Gasteiger partial charge on any atom is 0.408 e. The van der Waals surface area contributed by atoms with Gasteiger partial charge in [0.15, 0.2) is 6.10 Å². The zero-order valence-electron chi connectivity index (χ0n) is 23.5. The van der Waals surface area contributed by atoms with E-state index in [0.29, 0.717) is 29.9 Å². The number of amides is 3. The molecule has 2 saturated heterocycles. The zero-order chi connectivity index (χ0) is 29.3. The third-order valence-corrected chi connectivity index (χ3v) is 8.28. The average molecular weight is 576 g/mol. The number of hydrogen-bond donors (Lipinski definition) is 1. The Morgan fingerprint density at radius 1 is 1.02 bits per heavy atom. The van der Waals surface area contributed by atoms with Gasteiger partial charge in [-0.3, -0.25) is 14.5 Å². The summed E-state index contributed by atoms with van der Waals surface area (Å²) in [5.41, 5.74) is 2.04. The van der Waals surface area contributed by atoms with Crippen LogP contribution >= 0.6 is 11.8 Å². The van der Waals surface area contributed by atoms with Crippen molar-refractivity contribution in [1.82, 2.24) is 15.1 Å². The molecule has 0 saturated carbocycles. The number of carbonyl (C=O) groups is 4. The van der Waals surface area contributed by atoms with E-state index < -0.39 is 41.1 Å². The summed E-state index contributed by atoms with van der Waals surface area (Å²) in [6.07, 6.45) is 0.839. The minimum Gasteiger partial charge on any atom is -0.448 e. The monoisotopic (exact) mass is 575 g/mol. The molecule has 0 aromatic heterocycles. The molecule has 2 aromatic carbocycles. The summed E-state index contributed by atoms with van der Waals surface area (Å²) in [6.45, 7) is 5.81. The number of ether oxygens (including phenoxy) is 2. The van der Waals surface area contributed by atoms with E-state index in [1.54, 1.807) is 38.8 Å². The first-order valence-electron chi connectivity index (χ1n) is 13.5. The third kappa shape index (κ3) is 6.02. The smallest absolute Gasteiger partial charge is 0.408 e. The van der Waals surface area contributed by atoms with Gasteiger partial charge in [0, 0.05) is 24.9 Å². The van der Waals surface area contributed by atoms with E-state index in [0.717, 1.165) is 11.1 Å². The van der Waals surface area contributed by atoms with Gasteiger partial charge in [-0.25, -0.2) is 9.59 Å². The van der Waals surface area contributed by atoms with E-state index in [2.05, 4.69) is 5.32 Å². The minimum atomic E-state index is -0.856. The number of esters is 1. The zero-order valence-corrected chi connectivity index (χ0v) is 24.3. The van der Waals surface area contributed by atoms with E-state index >= 15 is 0 Å². The van der Waals surface area contributed by atoms with Gasteiger partial charge in [-0.1, -0.05) is 60.7 Å². The number of likely N-dealkylation sites (tertiary alicyclic amines) is 1. The van der Waals surface area contributed by atoms with Crippen molar-refractivity contribution in [3.8, 4) is 0 Å². The molecule has 41 heavy (non-hydrogen) atoms. The minimum absolute atomic E-state index is 0.0905. The summed E-state index contributed by atoms with van der Waals surface area (Å²) in [5, 5.41) is 2.13. The van der Waals surface area contributed by atoms with Crippen LogP contribution in [0.1, 0.15) is 44.4 Å². The van der Waals surface area contributed by atoms with Gasteiger partial charge in [0.1, 0.15) is 22.7 Å². The molecule has 0 spiro atoms. The number of thioether (sulfide) groups is 1. The number of β-lactam (4-membered cyclic amide) rings is 1. The maximum absolute atomic E-state index is 14.0. The predicted octanol–water partition coefficient (Wildman–Crippen LogP) is 4.17. The quantitative estimate of drug-likeness (QED) is 0.313. The Balaban J connectivity index is 1.48. The molecule has 0 radical (unpaired) electrons. The summed E-state index contributed by atoms with van der Waals surface area (Å²) in [7, 11) is 1.73. The molecular formula is C31H33N3O6S. The van der Waals surface area contributed by atoms with E-state index in [-0.39, 0.29) is 11.6 Å². The van der Waals surface area contributed by atoms with Crippen molar-refractivity contribution in [2.75, 3.05) is 19.3 Å². The number of likely N-dealkylation sites (N-methyl/N-ethyl adjacent to an activating group) is 1. The van der Waals surface area contributed by atoms with Crippen LogP contribution < -0.4 is 5.32 Å². The molecule has 214 valence electrons. The largest absolute Gasteiger partial charge is 0.448 e. The van der Waals surface area contributed by atoms with E-state index in [4.69, 9.17) is 9.47 Å². The van der Waals surface area contributed by atoms with Crippen molar-refractivity contribution in [3.05, 3.63) is 94.7 Å². The van der Waals surface area contributed by atoms with Crippen LogP contribution in [0.2, 0.25) is 0 Å². The Morgan fingerprint density at radius 2 is 1.63 bits per heavy atom. The fourth-order valence-corrected chi connectivity index (χ4v) is 6.32. The van der Waals surface area contributed by atoms with Crippen LogP contribution in [0, 0.1) is 0 Å². The van der Waals surface area contributed by atoms with Crippen molar-refractivity contribution in [3.63, 3.8) is 0 Å². The first kappa shape index (κ1) is 28.5. The molecule has 9 nitrogen and oxygen atoms in total. The highest BCUT2D eigenvalue weighted by atomic mass is 32.2. The first-order chi connectivity index (χ1) is 19.5. The van der Waals surface area contributed by atoms with Crippen LogP contribution in [-0.4, -0.2) is 70.0 Å². The summed E-state index contributed by atoms with van der Waals surface area (Å²) < 4.78 is 11.5. The Bertz CT molecular complexity index is 1380. The van der Waals surface area contributed by atoms with Crippen molar-refractivity contribution in [1.29, 1.82) is 0 Å². The van der Waals surface area contributed by atoms with Gasteiger partial charge in [0.05, 0.1) is 0 Å². The molecule has 2 aromatic rings. The summed E-state index contributed by atoms with van der Waals surface area (Å²) >= 11 is 1.41. The topological polar surface area (TPSA) is 105 Å². The molecule has 2 atom stereocenters. The van der Waals surface area contributed by atoms with Gasteiger partial charge >= 0.3 is 12.1 Å². The number of nitrogens with one attached hydrogen (secondary N) is 1. The lowest BCUT2D eigenvalue weighted by Crippen LogP contribution is -2.70. The number of fused-ring (bicyclic) bond motifs is 1. The Morgan fingerprint density at radius 3 is 2.17 bits per heavy atom. The summed E-state index contributed by atoms with van der Waals surface area (Å²) in [4.78, 5) is 55.6. The van der Waals surface area contributed by atoms with E-state index in [1.807, 2.05) is 60.7 Å². The Labute approximate surface area is 243 Å². The van der Waals surface area contributed by atoms with Crippen LogP contribution in [0.4, 0.5) is 4.79 Å². The molecule has 2 fully saturated rings. The molecule has 1 N–H and O–H groups in total. The van der Waals surface area contributed by atoms with Crippen LogP contribution in [0.5, 0.6) is 0 Å². The lowest BCUT2D eigenvalue weighted by Gasteiger charge is -2.49. The number of carbonyl (C=O) groups excluding carboxylic acids is 4. The lowest BCUT2D eigenvalue weighted by molar-refractivity contribution is -0.153. The fourth-order valence-electron chi connectivity index (χ4n) is 5.01.